The molecule has 0 saturated heterocycles. The average molecular weight is 362 g/mol. The Balaban J connectivity index is 2.26. The second-order valence-corrected chi connectivity index (χ2v) is 8.00. The van der Waals surface area contributed by atoms with Gasteiger partial charge in [-0.2, -0.15) is 0 Å². The molecule has 0 aromatic heterocycles. The first-order valence-electron chi connectivity index (χ1n) is 7.68. The van der Waals surface area contributed by atoms with Crippen molar-refractivity contribution in [1.82, 2.24) is 4.31 Å². The lowest BCUT2D eigenvalue weighted by atomic mass is 10.1. The summed E-state index contributed by atoms with van der Waals surface area (Å²) in [5.74, 6) is -0.300. The number of carbonyl (C=O) groups is 1. The van der Waals surface area contributed by atoms with Gasteiger partial charge in [-0.25, -0.2) is 12.7 Å². The summed E-state index contributed by atoms with van der Waals surface area (Å²) in [5.41, 5.74) is 2.70. The van der Waals surface area contributed by atoms with E-state index in [2.05, 4.69) is 5.32 Å². The average Bonchev–Trinajstić information content (AvgIpc) is 2.57. The maximum atomic E-state index is 12.4. The Bertz CT molecular complexity index is 859. The van der Waals surface area contributed by atoms with Crippen molar-refractivity contribution in [3.8, 4) is 0 Å². The van der Waals surface area contributed by atoms with Gasteiger partial charge in [0.05, 0.1) is 11.5 Å². The molecule has 134 valence electrons. The Labute approximate surface area is 148 Å². The van der Waals surface area contributed by atoms with E-state index in [0.29, 0.717) is 17.9 Å². The second kappa shape index (κ2) is 7.77. The summed E-state index contributed by atoms with van der Waals surface area (Å²) in [6.45, 7) is 2.29. The van der Waals surface area contributed by atoms with Gasteiger partial charge >= 0.3 is 0 Å². The van der Waals surface area contributed by atoms with Crippen LogP contribution in [-0.4, -0.2) is 39.8 Å². The molecule has 0 aliphatic carbocycles. The van der Waals surface area contributed by atoms with Crippen molar-refractivity contribution in [3.05, 3.63) is 59.2 Å². The van der Waals surface area contributed by atoms with Crippen LogP contribution in [0.25, 0.3) is 0 Å². The Kier molecular flexibility index (Phi) is 5.94. The zero-order valence-corrected chi connectivity index (χ0v) is 15.6. The van der Waals surface area contributed by atoms with Gasteiger partial charge in [0.1, 0.15) is 0 Å². The van der Waals surface area contributed by atoms with Crippen LogP contribution in [0, 0.1) is 6.92 Å². The third-order valence-corrected chi connectivity index (χ3v) is 5.57. The molecule has 2 aromatic carbocycles. The summed E-state index contributed by atoms with van der Waals surface area (Å²) < 4.78 is 30.7. The Morgan fingerprint density at radius 3 is 2.32 bits per heavy atom. The molecule has 0 atom stereocenters. The van der Waals surface area contributed by atoms with Gasteiger partial charge in [-0.15, -0.1) is 0 Å². The van der Waals surface area contributed by atoms with E-state index in [-0.39, 0.29) is 10.8 Å². The highest BCUT2D eigenvalue weighted by atomic mass is 32.2. The monoisotopic (exact) mass is 362 g/mol. The second-order valence-electron chi connectivity index (χ2n) is 5.85. The topological polar surface area (TPSA) is 75.7 Å². The van der Waals surface area contributed by atoms with Crippen molar-refractivity contribution >= 4 is 21.6 Å². The first kappa shape index (κ1) is 19.1. The highest BCUT2D eigenvalue weighted by Crippen LogP contribution is 2.22. The zero-order chi connectivity index (χ0) is 18.6. The minimum atomic E-state index is -3.56. The molecule has 0 aliphatic rings. The summed E-state index contributed by atoms with van der Waals surface area (Å²) in [7, 11) is 0.983. The Morgan fingerprint density at radius 1 is 1.12 bits per heavy atom. The molecule has 0 saturated carbocycles. The van der Waals surface area contributed by atoms with Crippen LogP contribution in [0.15, 0.2) is 47.4 Å². The summed E-state index contributed by atoms with van der Waals surface area (Å²) in [4.78, 5) is 12.6. The van der Waals surface area contributed by atoms with E-state index in [9.17, 15) is 13.2 Å². The van der Waals surface area contributed by atoms with Crippen LogP contribution < -0.4 is 5.32 Å². The molecule has 25 heavy (non-hydrogen) atoms. The number of anilines is 1. The van der Waals surface area contributed by atoms with Crippen LogP contribution in [0.2, 0.25) is 0 Å². The fraction of sp³-hybridized carbons (Fsp3) is 0.278. The quantitative estimate of drug-likeness (QED) is 0.857. The van der Waals surface area contributed by atoms with Gasteiger partial charge < -0.3 is 10.1 Å². The number of nitrogens with one attached hydrogen (secondary N) is 1. The molecule has 0 radical (unpaired) electrons. The normalized spacial score (nSPS) is 11.6. The van der Waals surface area contributed by atoms with Crippen LogP contribution in [0.5, 0.6) is 0 Å². The predicted molar refractivity (Wildman–Crippen MR) is 97.2 cm³/mol. The summed E-state index contributed by atoms with van der Waals surface area (Å²) >= 11 is 0. The third-order valence-electron chi connectivity index (χ3n) is 3.76. The highest BCUT2D eigenvalue weighted by molar-refractivity contribution is 7.89. The summed E-state index contributed by atoms with van der Waals surface area (Å²) in [6, 6.07) is 11.7. The number of nitrogens with zero attached hydrogens (tertiary/aromatic N) is 1. The van der Waals surface area contributed by atoms with E-state index < -0.39 is 10.0 Å². The fourth-order valence-corrected chi connectivity index (χ4v) is 3.15. The maximum absolute atomic E-state index is 12.4. The first-order valence-corrected chi connectivity index (χ1v) is 9.12. The highest BCUT2D eigenvalue weighted by Gasteiger charge is 2.19. The summed E-state index contributed by atoms with van der Waals surface area (Å²) in [5, 5.41) is 2.78. The molecule has 2 aromatic rings. The molecular weight excluding hydrogens is 340 g/mol. The lowest BCUT2D eigenvalue weighted by molar-refractivity contribution is 0.102. The zero-order valence-electron chi connectivity index (χ0n) is 14.7. The summed E-state index contributed by atoms with van der Waals surface area (Å²) in [6.07, 6.45) is 0. The molecule has 0 fully saturated rings. The van der Waals surface area contributed by atoms with E-state index in [1.165, 1.54) is 26.2 Å². The van der Waals surface area contributed by atoms with Gasteiger partial charge in [0.25, 0.3) is 5.91 Å². The van der Waals surface area contributed by atoms with Crippen molar-refractivity contribution in [3.63, 3.8) is 0 Å². The SMILES string of the molecule is COCc1ccc(C(=O)Nc2cc(S(=O)(=O)N(C)C)ccc2C)cc1. The molecule has 0 unspecified atom stereocenters. The molecule has 1 N–H and O–H groups in total. The van der Waals surface area contributed by atoms with Crippen molar-refractivity contribution < 1.29 is 17.9 Å². The van der Waals surface area contributed by atoms with Crippen LogP contribution in [0.4, 0.5) is 5.69 Å². The molecule has 0 spiro atoms. The lowest BCUT2D eigenvalue weighted by Gasteiger charge is -2.14. The Hall–Kier alpha value is -2.22. The van der Waals surface area contributed by atoms with Gasteiger partial charge in [-0.05, 0) is 42.3 Å². The first-order chi connectivity index (χ1) is 11.8. The van der Waals surface area contributed by atoms with Crippen molar-refractivity contribution in [2.24, 2.45) is 0 Å². The van der Waals surface area contributed by atoms with Crippen LogP contribution in [0.1, 0.15) is 21.5 Å². The smallest absolute Gasteiger partial charge is 0.255 e. The van der Waals surface area contributed by atoms with E-state index in [4.69, 9.17) is 4.74 Å². The standard InChI is InChI=1S/C18H22N2O4S/c1-13-5-10-16(25(22,23)20(2)3)11-17(13)19-18(21)15-8-6-14(7-9-15)12-24-4/h5-11H,12H2,1-4H3,(H,19,21). The Morgan fingerprint density at radius 2 is 1.76 bits per heavy atom. The van der Waals surface area contributed by atoms with Crippen molar-refractivity contribution in [2.45, 2.75) is 18.4 Å². The lowest BCUT2D eigenvalue weighted by Crippen LogP contribution is -2.22. The molecular formula is C18H22N2O4S. The van der Waals surface area contributed by atoms with Gasteiger partial charge in [0.15, 0.2) is 0 Å². The number of benzene rings is 2. The van der Waals surface area contributed by atoms with E-state index >= 15 is 0 Å². The van der Waals surface area contributed by atoms with Gasteiger partial charge in [0.2, 0.25) is 10.0 Å². The van der Waals surface area contributed by atoms with Crippen molar-refractivity contribution in [2.75, 3.05) is 26.5 Å². The largest absolute Gasteiger partial charge is 0.380 e. The number of rotatable bonds is 6. The number of hydrogen-bond acceptors (Lipinski definition) is 4. The number of ether oxygens (including phenoxy) is 1. The van der Waals surface area contributed by atoms with Gasteiger partial charge in [0, 0.05) is 32.5 Å². The number of aryl methyl sites for hydroxylation is 1. The number of amides is 1. The van der Waals surface area contributed by atoms with E-state index in [1.54, 1.807) is 25.3 Å². The van der Waals surface area contributed by atoms with Crippen LogP contribution in [-0.2, 0) is 21.4 Å². The molecule has 0 bridgehead atoms. The number of sulfonamides is 1. The number of methoxy groups -OCH3 is 1. The molecule has 7 heteroatoms. The molecule has 0 aliphatic heterocycles. The molecule has 0 heterocycles. The minimum absolute atomic E-state index is 0.133. The van der Waals surface area contributed by atoms with Gasteiger partial charge in [-0.1, -0.05) is 18.2 Å². The van der Waals surface area contributed by atoms with Gasteiger partial charge in [-0.3, -0.25) is 4.79 Å². The molecule has 1 amide bonds. The molecule has 2 rings (SSSR count). The number of hydrogen-bond donors (Lipinski definition) is 1. The van der Waals surface area contributed by atoms with Crippen LogP contribution >= 0.6 is 0 Å². The predicted octanol–water partition coefficient (Wildman–Crippen LogP) is 2.64. The number of carbonyl (C=O) groups excluding carboxylic acids is 1. The molecule has 6 nitrogen and oxygen atoms in total. The third kappa shape index (κ3) is 4.45. The minimum Gasteiger partial charge on any atom is -0.380 e. The van der Waals surface area contributed by atoms with E-state index in [1.807, 2.05) is 19.1 Å². The van der Waals surface area contributed by atoms with E-state index in [0.717, 1.165) is 15.4 Å². The fourth-order valence-electron chi connectivity index (χ4n) is 2.22. The maximum Gasteiger partial charge on any atom is 0.255 e. The van der Waals surface area contributed by atoms with Crippen molar-refractivity contribution in [1.29, 1.82) is 0 Å². The van der Waals surface area contributed by atoms with Crippen LogP contribution in [0.3, 0.4) is 0 Å².